The summed E-state index contributed by atoms with van der Waals surface area (Å²) < 4.78 is 9.09. The highest BCUT2D eigenvalue weighted by atomic mass is 16.5. The van der Waals surface area contributed by atoms with Gasteiger partial charge < -0.3 is 30.5 Å². The lowest BCUT2D eigenvalue weighted by molar-refractivity contribution is -0.131. The standard InChI is InChI=1S/C27H38N6O7/c1-27(2,3)23(31-26(38)40-5)24(36)32-33(17-20(34)14-29-22(35)15-30-25(37)39-4)16-18-9-11-19(12-10-18)21-8-6-7-13-28-21/h6-13,20,23,34H,14-17H2,1-5H3,(H,29,35)(H,30,37)(H,31,38)(H,32,36)/t20-,23-/m1/s1. The highest BCUT2D eigenvalue weighted by molar-refractivity contribution is 5.86. The minimum absolute atomic E-state index is 0.0620. The van der Waals surface area contributed by atoms with Crippen LogP contribution in [-0.2, 0) is 25.6 Å². The van der Waals surface area contributed by atoms with E-state index in [0.29, 0.717) is 0 Å². The number of ether oxygens (including phenoxy) is 2. The number of aliphatic hydroxyl groups is 1. The fourth-order valence-corrected chi connectivity index (χ4v) is 3.59. The minimum Gasteiger partial charge on any atom is -0.453 e. The lowest BCUT2D eigenvalue weighted by Crippen LogP contribution is -2.58. The van der Waals surface area contributed by atoms with Gasteiger partial charge in [-0.3, -0.25) is 20.0 Å². The molecule has 2 atom stereocenters. The molecular formula is C27H38N6O7. The molecule has 5 N–H and O–H groups in total. The van der Waals surface area contributed by atoms with Crippen LogP contribution in [0.2, 0.25) is 0 Å². The number of hydrogen-bond acceptors (Lipinski definition) is 9. The first-order valence-electron chi connectivity index (χ1n) is 12.6. The summed E-state index contributed by atoms with van der Waals surface area (Å²) in [5, 5.41) is 19.4. The van der Waals surface area contributed by atoms with Crippen LogP contribution in [0.4, 0.5) is 9.59 Å². The largest absolute Gasteiger partial charge is 0.453 e. The number of amides is 4. The third-order valence-electron chi connectivity index (χ3n) is 5.68. The number of nitrogens with one attached hydrogen (secondary N) is 4. The van der Waals surface area contributed by atoms with Crippen molar-refractivity contribution in [3.8, 4) is 11.3 Å². The molecule has 0 radical (unpaired) electrons. The topological polar surface area (TPSA) is 171 Å². The maximum atomic E-state index is 13.3. The van der Waals surface area contributed by atoms with Crippen LogP contribution in [0.1, 0.15) is 26.3 Å². The van der Waals surface area contributed by atoms with Crippen molar-refractivity contribution >= 4 is 24.0 Å². The van der Waals surface area contributed by atoms with E-state index in [1.54, 1.807) is 27.0 Å². The molecule has 1 aromatic heterocycles. The van der Waals surface area contributed by atoms with Crippen LogP contribution in [0.15, 0.2) is 48.7 Å². The van der Waals surface area contributed by atoms with Gasteiger partial charge in [-0.15, -0.1) is 0 Å². The van der Waals surface area contributed by atoms with Gasteiger partial charge in [0.15, 0.2) is 0 Å². The maximum absolute atomic E-state index is 13.3. The van der Waals surface area contributed by atoms with Crippen LogP contribution in [0, 0.1) is 5.41 Å². The molecule has 218 valence electrons. The summed E-state index contributed by atoms with van der Waals surface area (Å²) >= 11 is 0. The fraction of sp³-hybridized carbons (Fsp3) is 0.444. The number of aromatic nitrogens is 1. The summed E-state index contributed by atoms with van der Waals surface area (Å²) in [7, 11) is 2.39. The second-order valence-electron chi connectivity index (χ2n) is 10.0. The van der Waals surface area contributed by atoms with Crippen molar-refractivity contribution in [1.82, 2.24) is 31.4 Å². The Morgan fingerprint density at radius 3 is 2.23 bits per heavy atom. The van der Waals surface area contributed by atoms with E-state index in [2.05, 4.69) is 35.8 Å². The Balaban J connectivity index is 2.14. The van der Waals surface area contributed by atoms with Crippen LogP contribution >= 0.6 is 0 Å². The molecule has 0 bridgehead atoms. The molecule has 0 aliphatic heterocycles. The monoisotopic (exact) mass is 558 g/mol. The van der Waals surface area contributed by atoms with Crippen LogP contribution in [-0.4, -0.2) is 85.1 Å². The van der Waals surface area contributed by atoms with E-state index in [-0.39, 0.29) is 26.2 Å². The van der Waals surface area contributed by atoms with Crippen LogP contribution in [0.5, 0.6) is 0 Å². The third kappa shape index (κ3) is 10.9. The molecule has 13 heteroatoms. The summed E-state index contributed by atoms with van der Waals surface area (Å²) in [5.41, 5.74) is 4.68. The Bertz CT molecular complexity index is 1120. The number of hydrogen-bond donors (Lipinski definition) is 5. The first-order chi connectivity index (χ1) is 18.9. The predicted molar refractivity (Wildman–Crippen MR) is 146 cm³/mol. The van der Waals surface area contributed by atoms with Crippen molar-refractivity contribution < 1.29 is 33.8 Å². The quantitative estimate of drug-likeness (QED) is 0.240. The van der Waals surface area contributed by atoms with Gasteiger partial charge in [-0.25, -0.2) is 14.6 Å². The number of carbonyl (C=O) groups is 4. The Hall–Kier alpha value is -4.23. The number of pyridine rings is 1. The molecule has 0 aliphatic carbocycles. The molecule has 4 amide bonds. The van der Waals surface area contributed by atoms with Crippen molar-refractivity contribution in [3.63, 3.8) is 0 Å². The number of hydrazine groups is 1. The summed E-state index contributed by atoms with van der Waals surface area (Å²) in [4.78, 5) is 52.6. The normalized spacial score (nSPS) is 12.6. The van der Waals surface area contributed by atoms with Gasteiger partial charge in [0.2, 0.25) is 5.91 Å². The number of methoxy groups -OCH3 is 2. The first-order valence-corrected chi connectivity index (χ1v) is 12.6. The van der Waals surface area contributed by atoms with Gasteiger partial charge in [0.05, 0.1) is 32.6 Å². The number of alkyl carbamates (subject to hydrolysis) is 2. The Morgan fingerprint density at radius 2 is 1.65 bits per heavy atom. The van der Waals surface area contributed by atoms with Gasteiger partial charge in [-0.2, -0.15) is 0 Å². The number of aliphatic hydroxyl groups excluding tert-OH is 1. The predicted octanol–water partition coefficient (Wildman–Crippen LogP) is 1.19. The molecule has 0 unspecified atom stereocenters. The van der Waals surface area contributed by atoms with Crippen molar-refractivity contribution in [1.29, 1.82) is 0 Å². The third-order valence-corrected chi connectivity index (χ3v) is 5.68. The first kappa shape index (κ1) is 32.0. The van der Waals surface area contributed by atoms with Crippen molar-refractivity contribution in [3.05, 3.63) is 54.2 Å². The number of nitrogens with zero attached hydrogens (tertiary/aromatic N) is 2. The fourth-order valence-electron chi connectivity index (χ4n) is 3.59. The summed E-state index contributed by atoms with van der Waals surface area (Å²) in [6.07, 6.45) is -0.889. The van der Waals surface area contributed by atoms with E-state index in [0.717, 1.165) is 16.8 Å². The van der Waals surface area contributed by atoms with Gasteiger partial charge in [0.25, 0.3) is 5.91 Å². The molecule has 0 aliphatic rings. The molecule has 0 saturated heterocycles. The highest BCUT2D eigenvalue weighted by Gasteiger charge is 2.34. The van der Waals surface area contributed by atoms with Gasteiger partial charge in [0, 0.05) is 31.4 Å². The molecule has 0 saturated carbocycles. The summed E-state index contributed by atoms with van der Waals surface area (Å²) in [6, 6.07) is 12.2. The SMILES string of the molecule is COC(=O)NCC(=O)NC[C@@H](O)CN(Cc1ccc(-c2ccccn2)cc1)NC(=O)[C@@H](NC(=O)OC)C(C)(C)C. The molecule has 1 heterocycles. The lowest BCUT2D eigenvalue weighted by Gasteiger charge is -2.33. The molecule has 1 aromatic carbocycles. The van der Waals surface area contributed by atoms with E-state index in [1.165, 1.54) is 19.2 Å². The number of benzene rings is 1. The zero-order valence-electron chi connectivity index (χ0n) is 23.4. The second kappa shape index (κ2) is 15.4. The van der Waals surface area contributed by atoms with Gasteiger partial charge in [-0.05, 0) is 23.1 Å². The highest BCUT2D eigenvalue weighted by Crippen LogP contribution is 2.21. The summed E-state index contributed by atoms with van der Waals surface area (Å²) in [6.45, 7) is 5.05. The molecular weight excluding hydrogens is 520 g/mol. The van der Waals surface area contributed by atoms with Gasteiger partial charge in [0.1, 0.15) is 6.04 Å². The maximum Gasteiger partial charge on any atom is 0.407 e. The van der Waals surface area contributed by atoms with Crippen molar-refractivity contribution in [2.24, 2.45) is 5.41 Å². The molecule has 13 nitrogen and oxygen atoms in total. The molecule has 2 rings (SSSR count). The van der Waals surface area contributed by atoms with Gasteiger partial charge in [-0.1, -0.05) is 51.1 Å². The summed E-state index contributed by atoms with van der Waals surface area (Å²) in [5.74, 6) is -1.04. The van der Waals surface area contributed by atoms with Crippen LogP contribution in [0.25, 0.3) is 11.3 Å². The van der Waals surface area contributed by atoms with E-state index in [9.17, 15) is 24.3 Å². The molecule has 40 heavy (non-hydrogen) atoms. The number of rotatable bonds is 12. The second-order valence-corrected chi connectivity index (χ2v) is 10.0. The molecule has 2 aromatic rings. The van der Waals surface area contributed by atoms with Crippen molar-refractivity contribution in [2.45, 2.75) is 39.5 Å². The van der Waals surface area contributed by atoms with E-state index < -0.39 is 41.6 Å². The minimum atomic E-state index is -1.09. The van der Waals surface area contributed by atoms with Crippen LogP contribution in [0.3, 0.4) is 0 Å². The Labute approximate surface area is 233 Å². The van der Waals surface area contributed by atoms with E-state index >= 15 is 0 Å². The van der Waals surface area contributed by atoms with E-state index in [1.807, 2.05) is 42.5 Å². The average Bonchev–Trinajstić information content (AvgIpc) is 2.93. The molecule has 0 fully saturated rings. The van der Waals surface area contributed by atoms with Crippen molar-refractivity contribution in [2.75, 3.05) is 33.9 Å². The zero-order valence-corrected chi connectivity index (χ0v) is 23.4. The zero-order chi connectivity index (χ0) is 29.7. The Morgan fingerprint density at radius 1 is 0.975 bits per heavy atom. The Kier molecular flexibility index (Phi) is 12.3. The lowest BCUT2D eigenvalue weighted by atomic mass is 9.86. The number of carbonyl (C=O) groups excluding carboxylic acids is 4. The smallest absolute Gasteiger partial charge is 0.407 e. The van der Waals surface area contributed by atoms with Crippen LogP contribution < -0.4 is 21.4 Å². The van der Waals surface area contributed by atoms with Gasteiger partial charge >= 0.3 is 12.2 Å². The molecule has 0 spiro atoms. The average molecular weight is 559 g/mol. The van der Waals surface area contributed by atoms with E-state index in [4.69, 9.17) is 0 Å².